The SMILES string of the molecule is CC1=NOCC12CC2. The lowest BCUT2D eigenvalue weighted by Crippen LogP contribution is -2.09. The molecular formula is C6H9NO. The van der Waals surface area contributed by atoms with Gasteiger partial charge in [-0.3, -0.25) is 0 Å². The Morgan fingerprint density at radius 1 is 1.62 bits per heavy atom. The second kappa shape index (κ2) is 1.07. The first-order valence-corrected chi connectivity index (χ1v) is 3.01. The van der Waals surface area contributed by atoms with Gasteiger partial charge in [0.1, 0.15) is 6.61 Å². The molecule has 0 N–H and O–H groups in total. The maximum absolute atomic E-state index is 4.92. The molecule has 8 heavy (non-hydrogen) atoms. The molecule has 0 aromatic carbocycles. The Bertz CT molecular complexity index is 147. The molecule has 0 amide bonds. The van der Waals surface area contributed by atoms with Crippen LogP contribution in [0.1, 0.15) is 19.8 Å². The summed E-state index contributed by atoms with van der Waals surface area (Å²) in [4.78, 5) is 4.92. The zero-order valence-corrected chi connectivity index (χ0v) is 4.98. The summed E-state index contributed by atoms with van der Waals surface area (Å²) in [5.74, 6) is 0. The van der Waals surface area contributed by atoms with Crippen molar-refractivity contribution in [3.8, 4) is 0 Å². The second-order valence-corrected chi connectivity index (χ2v) is 2.73. The van der Waals surface area contributed by atoms with Gasteiger partial charge in [0, 0.05) is 5.41 Å². The summed E-state index contributed by atoms with van der Waals surface area (Å²) < 4.78 is 0. The third kappa shape index (κ3) is 0.358. The van der Waals surface area contributed by atoms with Gasteiger partial charge in [-0.1, -0.05) is 5.16 Å². The minimum Gasteiger partial charge on any atom is -0.395 e. The molecule has 0 unspecified atom stereocenters. The van der Waals surface area contributed by atoms with Gasteiger partial charge in [-0.15, -0.1) is 0 Å². The molecule has 1 heterocycles. The number of rotatable bonds is 0. The van der Waals surface area contributed by atoms with Crippen molar-refractivity contribution in [1.82, 2.24) is 0 Å². The van der Waals surface area contributed by atoms with Gasteiger partial charge >= 0.3 is 0 Å². The topological polar surface area (TPSA) is 21.6 Å². The zero-order chi connectivity index (χ0) is 5.61. The van der Waals surface area contributed by atoms with Crippen LogP contribution in [-0.4, -0.2) is 12.3 Å². The molecule has 2 nitrogen and oxygen atoms in total. The van der Waals surface area contributed by atoms with E-state index >= 15 is 0 Å². The standard InChI is InChI=1S/C6H9NO/c1-5-6(2-3-6)4-8-7-5/h2-4H2,1H3. The van der Waals surface area contributed by atoms with Crippen molar-refractivity contribution >= 4 is 5.71 Å². The lowest BCUT2D eigenvalue weighted by atomic mass is 10.0. The van der Waals surface area contributed by atoms with E-state index in [0.717, 1.165) is 6.61 Å². The number of hydrogen-bond donors (Lipinski definition) is 0. The smallest absolute Gasteiger partial charge is 0.128 e. The third-order valence-corrected chi connectivity index (χ3v) is 2.16. The molecular weight excluding hydrogens is 102 g/mol. The maximum atomic E-state index is 4.92. The highest BCUT2D eigenvalue weighted by atomic mass is 16.6. The summed E-state index contributed by atoms with van der Waals surface area (Å²) in [6.07, 6.45) is 2.59. The summed E-state index contributed by atoms with van der Waals surface area (Å²) in [5, 5.41) is 3.87. The monoisotopic (exact) mass is 111 g/mol. The normalized spacial score (nSPS) is 29.9. The second-order valence-electron chi connectivity index (χ2n) is 2.73. The zero-order valence-electron chi connectivity index (χ0n) is 4.98. The molecule has 0 atom stereocenters. The van der Waals surface area contributed by atoms with E-state index in [0.29, 0.717) is 5.41 Å². The van der Waals surface area contributed by atoms with Gasteiger partial charge in [-0.05, 0) is 19.8 Å². The van der Waals surface area contributed by atoms with E-state index in [4.69, 9.17) is 4.84 Å². The van der Waals surface area contributed by atoms with Crippen molar-refractivity contribution in [2.45, 2.75) is 19.8 Å². The first-order valence-electron chi connectivity index (χ1n) is 3.01. The predicted molar refractivity (Wildman–Crippen MR) is 30.7 cm³/mol. The Kier molecular flexibility index (Phi) is 0.581. The van der Waals surface area contributed by atoms with Gasteiger partial charge in [-0.25, -0.2) is 0 Å². The van der Waals surface area contributed by atoms with Crippen molar-refractivity contribution in [3.05, 3.63) is 0 Å². The van der Waals surface area contributed by atoms with E-state index < -0.39 is 0 Å². The summed E-state index contributed by atoms with van der Waals surface area (Å²) in [6, 6.07) is 0. The van der Waals surface area contributed by atoms with Crippen molar-refractivity contribution in [2.75, 3.05) is 6.61 Å². The van der Waals surface area contributed by atoms with Crippen LogP contribution in [0, 0.1) is 5.41 Å². The van der Waals surface area contributed by atoms with Crippen LogP contribution in [0.3, 0.4) is 0 Å². The highest BCUT2D eigenvalue weighted by Gasteiger charge is 2.49. The van der Waals surface area contributed by atoms with Crippen molar-refractivity contribution in [2.24, 2.45) is 10.6 Å². The average molecular weight is 111 g/mol. The van der Waals surface area contributed by atoms with E-state index in [9.17, 15) is 0 Å². The molecule has 0 bridgehead atoms. The van der Waals surface area contributed by atoms with Crippen LogP contribution in [0.5, 0.6) is 0 Å². The Morgan fingerprint density at radius 2 is 2.38 bits per heavy atom. The molecule has 0 aromatic rings. The Morgan fingerprint density at radius 3 is 2.62 bits per heavy atom. The van der Waals surface area contributed by atoms with Crippen LogP contribution in [0.25, 0.3) is 0 Å². The number of hydrogen-bond acceptors (Lipinski definition) is 2. The number of nitrogens with zero attached hydrogens (tertiary/aromatic N) is 1. The summed E-state index contributed by atoms with van der Waals surface area (Å²) >= 11 is 0. The van der Waals surface area contributed by atoms with Gasteiger partial charge in [0.2, 0.25) is 0 Å². The Balaban J connectivity index is 2.27. The molecule has 2 aliphatic rings. The minimum atomic E-state index is 0.431. The minimum absolute atomic E-state index is 0.431. The molecule has 0 radical (unpaired) electrons. The first-order chi connectivity index (χ1) is 3.83. The van der Waals surface area contributed by atoms with E-state index in [2.05, 4.69) is 12.1 Å². The lowest BCUT2D eigenvalue weighted by Gasteiger charge is -1.97. The summed E-state index contributed by atoms with van der Waals surface area (Å²) in [6.45, 7) is 2.90. The van der Waals surface area contributed by atoms with Crippen LogP contribution in [0.4, 0.5) is 0 Å². The van der Waals surface area contributed by atoms with Gasteiger partial charge in [0.25, 0.3) is 0 Å². The molecule has 1 aliphatic carbocycles. The molecule has 1 spiro atoms. The lowest BCUT2D eigenvalue weighted by molar-refractivity contribution is 0.149. The van der Waals surface area contributed by atoms with Crippen molar-refractivity contribution < 1.29 is 4.84 Å². The largest absolute Gasteiger partial charge is 0.395 e. The van der Waals surface area contributed by atoms with E-state index in [1.807, 2.05) is 0 Å². The molecule has 2 heteroatoms. The van der Waals surface area contributed by atoms with Crippen LogP contribution in [0.2, 0.25) is 0 Å². The molecule has 44 valence electrons. The molecule has 0 aromatic heterocycles. The Hall–Kier alpha value is -0.530. The summed E-state index contributed by atoms with van der Waals surface area (Å²) in [7, 11) is 0. The average Bonchev–Trinajstić information content (AvgIpc) is 2.39. The third-order valence-electron chi connectivity index (χ3n) is 2.16. The van der Waals surface area contributed by atoms with Crippen molar-refractivity contribution in [1.29, 1.82) is 0 Å². The van der Waals surface area contributed by atoms with E-state index in [1.165, 1.54) is 18.6 Å². The molecule has 1 saturated carbocycles. The maximum Gasteiger partial charge on any atom is 0.128 e. The van der Waals surface area contributed by atoms with E-state index in [-0.39, 0.29) is 0 Å². The fraction of sp³-hybridized carbons (Fsp3) is 0.833. The van der Waals surface area contributed by atoms with Crippen LogP contribution in [0.15, 0.2) is 5.16 Å². The van der Waals surface area contributed by atoms with Crippen molar-refractivity contribution in [3.63, 3.8) is 0 Å². The summed E-state index contributed by atoms with van der Waals surface area (Å²) in [5.41, 5.74) is 1.64. The first kappa shape index (κ1) is 4.36. The van der Waals surface area contributed by atoms with Crippen LogP contribution in [-0.2, 0) is 4.84 Å². The highest BCUT2D eigenvalue weighted by molar-refractivity contribution is 5.91. The fourth-order valence-corrected chi connectivity index (χ4v) is 1.11. The van der Waals surface area contributed by atoms with Gasteiger partial charge in [-0.2, -0.15) is 0 Å². The highest BCUT2D eigenvalue weighted by Crippen LogP contribution is 2.49. The Labute approximate surface area is 48.5 Å². The predicted octanol–water partition coefficient (Wildman–Crippen LogP) is 1.17. The van der Waals surface area contributed by atoms with Gasteiger partial charge in [0.05, 0.1) is 5.71 Å². The number of oxime groups is 1. The molecule has 1 fully saturated rings. The molecule has 1 aliphatic heterocycles. The van der Waals surface area contributed by atoms with Crippen LogP contribution < -0.4 is 0 Å². The molecule has 0 saturated heterocycles. The van der Waals surface area contributed by atoms with E-state index in [1.54, 1.807) is 0 Å². The quantitative estimate of drug-likeness (QED) is 0.460. The fourth-order valence-electron chi connectivity index (χ4n) is 1.11. The van der Waals surface area contributed by atoms with Crippen LogP contribution >= 0.6 is 0 Å². The molecule has 2 rings (SSSR count). The van der Waals surface area contributed by atoms with Gasteiger partial charge < -0.3 is 4.84 Å². The van der Waals surface area contributed by atoms with Gasteiger partial charge in [0.15, 0.2) is 0 Å².